The molecule has 1 N–H and O–H groups in total. The van der Waals surface area contributed by atoms with E-state index in [4.69, 9.17) is 11.6 Å². The van der Waals surface area contributed by atoms with Crippen LogP contribution in [0.15, 0.2) is 41.2 Å². The normalized spacial score (nSPS) is 17.7. The molecule has 0 amide bonds. The van der Waals surface area contributed by atoms with Gasteiger partial charge in [-0.3, -0.25) is 4.57 Å². The second-order valence-corrected chi connectivity index (χ2v) is 8.45. The van der Waals surface area contributed by atoms with E-state index in [1.807, 2.05) is 25.1 Å². The standard InChI is InChI=1S/C22H21ClFN3O/c1-13-10-15(14-6-7-14)11-18-19(13)20(25-12-22(24)8-9-22)26-21(28)27(18)17-5-3-2-4-16(17)23/h2-5,10-11,14H,6-9,12H2,1H3,(H,25,26,28). The number of alkyl halides is 1. The molecule has 0 spiro atoms. The summed E-state index contributed by atoms with van der Waals surface area (Å²) < 4.78 is 15.7. The minimum atomic E-state index is -1.17. The van der Waals surface area contributed by atoms with Crippen molar-refractivity contribution < 1.29 is 4.39 Å². The first-order valence-corrected chi connectivity index (χ1v) is 10.1. The number of halogens is 2. The summed E-state index contributed by atoms with van der Waals surface area (Å²) >= 11 is 6.40. The number of aromatic nitrogens is 2. The molecular weight excluding hydrogens is 377 g/mol. The van der Waals surface area contributed by atoms with Crippen LogP contribution in [-0.4, -0.2) is 21.8 Å². The van der Waals surface area contributed by atoms with E-state index in [0.717, 1.165) is 16.5 Å². The molecule has 3 aromatic rings. The maximum absolute atomic E-state index is 14.2. The summed E-state index contributed by atoms with van der Waals surface area (Å²) in [6.07, 6.45) is 3.45. The van der Waals surface area contributed by atoms with Crippen LogP contribution < -0.4 is 11.0 Å². The lowest BCUT2D eigenvalue weighted by Gasteiger charge is -2.18. The van der Waals surface area contributed by atoms with Crippen LogP contribution >= 0.6 is 11.6 Å². The molecule has 5 rings (SSSR count). The minimum Gasteiger partial charge on any atom is -0.366 e. The van der Waals surface area contributed by atoms with E-state index in [0.29, 0.717) is 35.3 Å². The van der Waals surface area contributed by atoms with Crippen molar-refractivity contribution in [2.75, 3.05) is 11.9 Å². The number of aryl methyl sites for hydroxylation is 1. The van der Waals surface area contributed by atoms with Crippen molar-refractivity contribution in [1.29, 1.82) is 0 Å². The summed E-state index contributed by atoms with van der Waals surface area (Å²) in [5.74, 6) is 0.995. The van der Waals surface area contributed by atoms with Crippen LogP contribution in [0.4, 0.5) is 10.2 Å². The van der Waals surface area contributed by atoms with Crippen molar-refractivity contribution in [3.63, 3.8) is 0 Å². The fourth-order valence-corrected chi connectivity index (χ4v) is 4.01. The molecule has 2 saturated carbocycles. The SMILES string of the molecule is Cc1cc(C2CC2)cc2c1c(NCC1(F)CC1)nc(=O)n2-c1ccccc1Cl. The molecular formula is C22H21ClFN3O. The van der Waals surface area contributed by atoms with Crippen molar-refractivity contribution in [3.8, 4) is 5.69 Å². The maximum atomic E-state index is 14.2. The predicted octanol–water partition coefficient (Wildman–Crippen LogP) is 5.14. The summed E-state index contributed by atoms with van der Waals surface area (Å²) in [6.45, 7) is 2.19. The molecule has 0 atom stereocenters. The predicted molar refractivity (Wildman–Crippen MR) is 111 cm³/mol. The van der Waals surface area contributed by atoms with Gasteiger partial charge in [-0.15, -0.1) is 0 Å². The van der Waals surface area contributed by atoms with Crippen molar-refractivity contribution in [3.05, 3.63) is 63.0 Å². The van der Waals surface area contributed by atoms with E-state index in [2.05, 4.69) is 22.4 Å². The summed E-state index contributed by atoms with van der Waals surface area (Å²) in [7, 11) is 0. The molecule has 0 unspecified atom stereocenters. The third-order valence-corrected chi connectivity index (χ3v) is 6.04. The molecule has 2 aliphatic rings. The zero-order chi connectivity index (χ0) is 19.5. The van der Waals surface area contributed by atoms with Gasteiger partial charge in [0.1, 0.15) is 11.5 Å². The fraction of sp³-hybridized carbons (Fsp3) is 0.364. The Hall–Kier alpha value is -2.40. The van der Waals surface area contributed by atoms with Crippen molar-refractivity contribution >= 4 is 28.3 Å². The molecule has 2 aromatic carbocycles. The van der Waals surface area contributed by atoms with Gasteiger partial charge in [0, 0.05) is 5.39 Å². The Kier molecular flexibility index (Phi) is 3.98. The molecule has 1 aromatic heterocycles. The monoisotopic (exact) mass is 397 g/mol. The second-order valence-electron chi connectivity index (χ2n) is 8.04. The number of hydrogen-bond acceptors (Lipinski definition) is 3. The van der Waals surface area contributed by atoms with Gasteiger partial charge < -0.3 is 5.32 Å². The zero-order valence-electron chi connectivity index (χ0n) is 15.6. The van der Waals surface area contributed by atoms with Gasteiger partial charge >= 0.3 is 5.69 Å². The van der Waals surface area contributed by atoms with Crippen LogP contribution in [0, 0.1) is 6.92 Å². The zero-order valence-corrected chi connectivity index (χ0v) is 16.4. The number of nitrogens with one attached hydrogen (secondary N) is 1. The van der Waals surface area contributed by atoms with Crippen LogP contribution in [0.3, 0.4) is 0 Å². The maximum Gasteiger partial charge on any atom is 0.354 e. The molecule has 4 nitrogen and oxygen atoms in total. The first-order valence-electron chi connectivity index (χ1n) is 9.70. The van der Waals surface area contributed by atoms with Gasteiger partial charge in [-0.25, -0.2) is 9.18 Å². The van der Waals surface area contributed by atoms with Gasteiger partial charge in [0.15, 0.2) is 0 Å². The van der Waals surface area contributed by atoms with Gasteiger partial charge in [0.05, 0.1) is 22.8 Å². The molecule has 0 aliphatic heterocycles. The number of para-hydroxylation sites is 1. The highest BCUT2D eigenvalue weighted by Crippen LogP contribution is 2.43. The molecule has 0 radical (unpaired) electrons. The van der Waals surface area contributed by atoms with E-state index in [1.165, 1.54) is 18.4 Å². The molecule has 2 aliphatic carbocycles. The third-order valence-electron chi connectivity index (χ3n) is 5.72. The molecule has 0 bridgehead atoms. The Morgan fingerprint density at radius 1 is 1.29 bits per heavy atom. The van der Waals surface area contributed by atoms with Crippen LogP contribution in [0.1, 0.15) is 42.7 Å². The van der Waals surface area contributed by atoms with Crippen LogP contribution in [0.2, 0.25) is 5.02 Å². The van der Waals surface area contributed by atoms with Gasteiger partial charge in [-0.1, -0.05) is 29.8 Å². The number of fused-ring (bicyclic) bond motifs is 1. The lowest BCUT2D eigenvalue weighted by molar-refractivity contribution is 0.326. The fourth-order valence-electron chi connectivity index (χ4n) is 3.79. The summed E-state index contributed by atoms with van der Waals surface area (Å²) in [6, 6.07) is 11.5. The molecule has 28 heavy (non-hydrogen) atoms. The minimum absolute atomic E-state index is 0.175. The topological polar surface area (TPSA) is 46.9 Å². The summed E-state index contributed by atoms with van der Waals surface area (Å²) in [4.78, 5) is 17.3. The molecule has 2 fully saturated rings. The summed E-state index contributed by atoms with van der Waals surface area (Å²) in [5, 5.41) is 4.43. The first kappa shape index (κ1) is 17.7. The van der Waals surface area contributed by atoms with E-state index in [-0.39, 0.29) is 6.54 Å². The highest BCUT2D eigenvalue weighted by Gasteiger charge is 2.43. The first-order chi connectivity index (χ1) is 13.5. The number of nitrogens with zero attached hydrogens (tertiary/aromatic N) is 2. The largest absolute Gasteiger partial charge is 0.366 e. The van der Waals surface area contributed by atoms with E-state index in [9.17, 15) is 9.18 Å². The summed E-state index contributed by atoms with van der Waals surface area (Å²) in [5.41, 5.74) is 2.04. The van der Waals surface area contributed by atoms with E-state index < -0.39 is 11.4 Å². The van der Waals surface area contributed by atoms with Gasteiger partial charge in [0.25, 0.3) is 0 Å². The van der Waals surface area contributed by atoms with Gasteiger partial charge in [0.2, 0.25) is 0 Å². The van der Waals surface area contributed by atoms with Crippen molar-refractivity contribution in [2.24, 2.45) is 0 Å². The molecule has 1 heterocycles. The van der Waals surface area contributed by atoms with E-state index >= 15 is 0 Å². The smallest absolute Gasteiger partial charge is 0.354 e. The number of rotatable bonds is 5. The lowest BCUT2D eigenvalue weighted by atomic mass is 10.0. The Balaban J connectivity index is 1.76. The van der Waals surface area contributed by atoms with E-state index in [1.54, 1.807) is 10.6 Å². The number of anilines is 1. The highest BCUT2D eigenvalue weighted by molar-refractivity contribution is 6.32. The second kappa shape index (κ2) is 6.31. The van der Waals surface area contributed by atoms with Crippen molar-refractivity contribution in [2.45, 2.75) is 44.2 Å². The highest BCUT2D eigenvalue weighted by atomic mass is 35.5. The average Bonchev–Trinajstić information content (AvgIpc) is 3.57. The lowest BCUT2D eigenvalue weighted by Crippen LogP contribution is -2.26. The van der Waals surface area contributed by atoms with Crippen LogP contribution in [-0.2, 0) is 0 Å². The average molecular weight is 398 g/mol. The molecule has 144 valence electrons. The third kappa shape index (κ3) is 3.08. The Labute approximate surface area is 167 Å². The van der Waals surface area contributed by atoms with Gasteiger partial charge in [-0.05, 0) is 67.9 Å². The van der Waals surface area contributed by atoms with Crippen LogP contribution in [0.25, 0.3) is 16.6 Å². The Morgan fingerprint density at radius 3 is 2.71 bits per heavy atom. The van der Waals surface area contributed by atoms with Crippen molar-refractivity contribution in [1.82, 2.24) is 9.55 Å². The van der Waals surface area contributed by atoms with Gasteiger partial charge in [-0.2, -0.15) is 4.98 Å². The quantitative estimate of drug-likeness (QED) is 0.648. The molecule has 6 heteroatoms. The number of hydrogen-bond donors (Lipinski definition) is 1. The Bertz CT molecular complexity index is 1150. The van der Waals surface area contributed by atoms with Crippen LogP contribution in [0.5, 0.6) is 0 Å². The molecule has 0 saturated heterocycles. The number of benzene rings is 2. The Morgan fingerprint density at radius 2 is 2.04 bits per heavy atom.